The highest BCUT2D eigenvalue weighted by Gasteiger charge is 2.19. The van der Waals surface area contributed by atoms with E-state index < -0.39 is 6.10 Å². The largest absolute Gasteiger partial charge is 0.382 e. The Morgan fingerprint density at radius 3 is 2.82 bits per heavy atom. The number of rotatable bonds is 3. The molecular weight excluding hydrogens is 282 g/mol. The normalized spacial score (nSPS) is 12.7. The lowest BCUT2D eigenvalue weighted by molar-refractivity contribution is 0.206. The Kier molecular flexibility index (Phi) is 3.59. The quantitative estimate of drug-likeness (QED) is 0.946. The van der Waals surface area contributed by atoms with Crippen LogP contribution in [0.3, 0.4) is 0 Å². The number of nitrogens with zero attached hydrogens (tertiary/aromatic N) is 3. The average molecular weight is 296 g/mol. The van der Waals surface area contributed by atoms with Gasteiger partial charge in [0.1, 0.15) is 6.10 Å². The van der Waals surface area contributed by atoms with E-state index in [1.54, 1.807) is 23.3 Å². The van der Waals surface area contributed by atoms with Crippen molar-refractivity contribution in [1.29, 1.82) is 0 Å². The summed E-state index contributed by atoms with van der Waals surface area (Å²) in [6.45, 7) is 4.66. The molecule has 1 N–H and O–H groups in total. The van der Waals surface area contributed by atoms with E-state index >= 15 is 0 Å². The van der Waals surface area contributed by atoms with Crippen molar-refractivity contribution in [2.45, 2.75) is 26.5 Å². The minimum atomic E-state index is -0.709. The zero-order chi connectivity index (χ0) is 12.4. The van der Waals surface area contributed by atoms with Crippen LogP contribution in [0.15, 0.2) is 29.1 Å². The average Bonchev–Trinajstić information content (AvgIpc) is 2.69. The first-order valence-electron chi connectivity index (χ1n) is 5.44. The smallest absolute Gasteiger partial charge is 0.123 e. The Hall–Kier alpha value is -1.20. The van der Waals surface area contributed by atoms with Gasteiger partial charge >= 0.3 is 0 Å². The Bertz CT molecular complexity index is 524. The summed E-state index contributed by atoms with van der Waals surface area (Å²) in [6, 6.07) is 1.93. The fraction of sp³-hybridized carbons (Fsp3) is 0.333. The molecule has 0 aliphatic rings. The van der Waals surface area contributed by atoms with Crippen molar-refractivity contribution in [3.63, 3.8) is 0 Å². The topological polar surface area (TPSA) is 50.9 Å². The molecule has 5 heteroatoms. The van der Waals surface area contributed by atoms with Crippen LogP contribution in [0.4, 0.5) is 0 Å². The third-order valence-electron chi connectivity index (χ3n) is 2.60. The number of aliphatic hydroxyl groups excluding tert-OH is 1. The number of aryl methyl sites for hydroxylation is 2. The van der Waals surface area contributed by atoms with Gasteiger partial charge < -0.3 is 5.11 Å². The monoisotopic (exact) mass is 295 g/mol. The predicted molar refractivity (Wildman–Crippen MR) is 68.6 cm³/mol. The van der Waals surface area contributed by atoms with Gasteiger partial charge in [-0.1, -0.05) is 6.07 Å². The van der Waals surface area contributed by atoms with Crippen molar-refractivity contribution in [3.8, 4) is 0 Å². The number of aliphatic hydroxyl groups is 1. The molecule has 0 fully saturated rings. The van der Waals surface area contributed by atoms with Gasteiger partial charge in [0.15, 0.2) is 0 Å². The summed E-state index contributed by atoms with van der Waals surface area (Å²) in [7, 11) is 0. The molecule has 0 aliphatic carbocycles. The van der Waals surface area contributed by atoms with Crippen molar-refractivity contribution < 1.29 is 5.11 Å². The van der Waals surface area contributed by atoms with Gasteiger partial charge in [0.05, 0.1) is 16.4 Å². The molecule has 0 radical (unpaired) electrons. The maximum absolute atomic E-state index is 10.4. The van der Waals surface area contributed by atoms with Crippen LogP contribution >= 0.6 is 15.9 Å². The van der Waals surface area contributed by atoms with Gasteiger partial charge in [0, 0.05) is 24.5 Å². The fourth-order valence-corrected chi connectivity index (χ4v) is 2.29. The number of halogens is 1. The molecule has 0 saturated carbocycles. The van der Waals surface area contributed by atoms with Crippen molar-refractivity contribution in [1.82, 2.24) is 14.8 Å². The minimum absolute atomic E-state index is 0.709. The Morgan fingerprint density at radius 2 is 2.18 bits per heavy atom. The molecule has 0 saturated heterocycles. The highest BCUT2D eigenvalue weighted by Crippen LogP contribution is 2.28. The number of aromatic nitrogens is 3. The minimum Gasteiger partial charge on any atom is -0.382 e. The second-order valence-corrected chi connectivity index (χ2v) is 4.75. The third kappa shape index (κ3) is 2.40. The maximum Gasteiger partial charge on any atom is 0.123 e. The van der Waals surface area contributed by atoms with Crippen LogP contribution in [0.1, 0.15) is 29.8 Å². The standard InChI is InChI=1S/C12H14BrN3O/c1-3-16-11(10(13)7-15-16)12(17)9-4-8(2)5-14-6-9/h4-7,12,17H,3H2,1-2H3. The van der Waals surface area contributed by atoms with Crippen LogP contribution in [0.5, 0.6) is 0 Å². The van der Waals surface area contributed by atoms with Crippen LogP contribution in [-0.2, 0) is 6.54 Å². The van der Waals surface area contributed by atoms with Crippen LogP contribution in [-0.4, -0.2) is 19.9 Å². The molecule has 2 heterocycles. The van der Waals surface area contributed by atoms with Crippen molar-refractivity contribution in [2.75, 3.05) is 0 Å². The summed E-state index contributed by atoms with van der Waals surface area (Å²) in [4.78, 5) is 4.10. The first-order valence-corrected chi connectivity index (χ1v) is 6.23. The number of pyridine rings is 1. The van der Waals surface area contributed by atoms with Gasteiger partial charge in [-0.3, -0.25) is 9.67 Å². The molecule has 0 amide bonds. The van der Waals surface area contributed by atoms with Crippen LogP contribution in [0.2, 0.25) is 0 Å². The third-order valence-corrected chi connectivity index (χ3v) is 3.21. The van der Waals surface area contributed by atoms with E-state index in [9.17, 15) is 5.11 Å². The molecule has 2 aromatic rings. The molecule has 1 unspecified atom stereocenters. The number of hydrogen-bond acceptors (Lipinski definition) is 3. The van der Waals surface area contributed by atoms with Gasteiger partial charge in [-0.25, -0.2) is 0 Å². The molecule has 0 bridgehead atoms. The van der Waals surface area contributed by atoms with Gasteiger partial charge in [-0.05, 0) is 35.3 Å². The van der Waals surface area contributed by atoms with Gasteiger partial charge in [0.25, 0.3) is 0 Å². The molecule has 0 aromatic carbocycles. The lowest BCUT2D eigenvalue weighted by atomic mass is 10.1. The fourth-order valence-electron chi connectivity index (χ4n) is 1.78. The van der Waals surface area contributed by atoms with Gasteiger partial charge in [-0.2, -0.15) is 5.10 Å². The molecule has 0 aliphatic heterocycles. The van der Waals surface area contributed by atoms with E-state index in [0.29, 0.717) is 0 Å². The van der Waals surface area contributed by atoms with Crippen LogP contribution in [0.25, 0.3) is 0 Å². The second-order valence-electron chi connectivity index (χ2n) is 3.89. The zero-order valence-electron chi connectivity index (χ0n) is 9.76. The molecule has 1 atom stereocenters. The van der Waals surface area contributed by atoms with E-state index in [1.807, 2.05) is 19.9 Å². The van der Waals surface area contributed by atoms with E-state index in [-0.39, 0.29) is 0 Å². The second kappa shape index (κ2) is 4.98. The Morgan fingerprint density at radius 1 is 1.41 bits per heavy atom. The molecule has 2 aromatic heterocycles. The molecule has 17 heavy (non-hydrogen) atoms. The lowest BCUT2D eigenvalue weighted by Crippen LogP contribution is -2.10. The molecular formula is C12H14BrN3O. The van der Waals surface area contributed by atoms with Crippen LogP contribution in [0, 0.1) is 6.92 Å². The summed E-state index contributed by atoms with van der Waals surface area (Å²) in [5, 5.41) is 14.6. The van der Waals surface area contributed by atoms with E-state index in [2.05, 4.69) is 26.0 Å². The molecule has 0 spiro atoms. The molecule has 2 rings (SSSR count). The van der Waals surface area contributed by atoms with Crippen molar-refractivity contribution in [3.05, 3.63) is 46.0 Å². The van der Waals surface area contributed by atoms with E-state index in [0.717, 1.165) is 27.8 Å². The van der Waals surface area contributed by atoms with Gasteiger partial charge in [0.2, 0.25) is 0 Å². The molecule has 4 nitrogen and oxygen atoms in total. The summed E-state index contributed by atoms with van der Waals surface area (Å²) in [5.74, 6) is 0. The zero-order valence-corrected chi connectivity index (χ0v) is 11.3. The Labute approximate surface area is 108 Å². The molecule has 90 valence electrons. The highest BCUT2D eigenvalue weighted by molar-refractivity contribution is 9.10. The van der Waals surface area contributed by atoms with E-state index in [1.165, 1.54) is 0 Å². The first-order chi connectivity index (χ1) is 8.13. The van der Waals surface area contributed by atoms with Crippen molar-refractivity contribution in [2.24, 2.45) is 0 Å². The SMILES string of the molecule is CCn1ncc(Br)c1C(O)c1cncc(C)c1. The summed E-state index contributed by atoms with van der Waals surface area (Å²) in [5.41, 5.74) is 2.57. The highest BCUT2D eigenvalue weighted by atomic mass is 79.9. The first kappa shape index (κ1) is 12.3. The van der Waals surface area contributed by atoms with Crippen LogP contribution < -0.4 is 0 Å². The summed E-state index contributed by atoms with van der Waals surface area (Å²) >= 11 is 3.41. The van der Waals surface area contributed by atoms with Crippen molar-refractivity contribution >= 4 is 15.9 Å². The Balaban J connectivity index is 2.43. The van der Waals surface area contributed by atoms with E-state index in [4.69, 9.17) is 0 Å². The lowest BCUT2D eigenvalue weighted by Gasteiger charge is -2.13. The summed E-state index contributed by atoms with van der Waals surface area (Å²) < 4.78 is 2.59. The van der Waals surface area contributed by atoms with Gasteiger partial charge in [-0.15, -0.1) is 0 Å². The number of hydrogen-bond donors (Lipinski definition) is 1. The summed E-state index contributed by atoms with van der Waals surface area (Å²) in [6.07, 6.45) is 4.43. The predicted octanol–water partition coefficient (Wildman–Crippen LogP) is 2.45. The maximum atomic E-state index is 10.4.